The van der Waals surface area contributed by atoms with E-state index in [1.54, 1.807) is 30.7 Å². The van der Waals surface area contributed by atoms with Crippen LogP contribution in [0, 0.1) is 0 Å². The Kier molecular flexibility index (Phi) is 9.07. The van der Waals surface area contributed by atoms with Gasteiger partial charge in [-0.25, -0.2) is 15.0 Å². The second kappa shape index (κ2) is 13.3. The lowest BCUT2D eigenvalue weighted by atomic mass is 10.1. The number of carbonyl (C=O) groups is 1. The highest BCUT2D eigenvalue weighted by molar-refractivity contribution is 6.33. The van der Waals surface area contributed by atoms with Gasteiger partial charge in [0.15, 0.2) is 0 Å². The number of primary amides is 1. The normalized spacial score (nSPS) is 11.2. The minimum atomic E-state index is -0.471. The van der Waals surface area contributed by atoms with Crippen LogP contribution < -0.4 is 21.7 Å². The van der Waals surface area contributed by atoms with E-state index >= 15 is 0 Å². The number of anilines is 1. The molecule has 2 aromatic carbocycles. The zero-order valence-electron chi connectivity index (χ0n) is 22.0. The molecule has 0 aliphatic heterocycles. The lowest BCUT2D eigenvalue weighted by Gasteiger charge is -2.12. The van der Waals surface area contributed by atoms with Crippen LogP contribution in [-0.4, -0.2) is 52.0 Å². The van der Waals surface area contributed by atoms with Crippen LogP contribution in [-0.2, 0) is 6.54 Å². The number of pyridine rings is 2. The fourth-order valence-corrected chi connectivity index (χ4v) is 4.92. The first-order valence-electron chi connectivity index (χ1n) is 13.3. The lowest BCUT2D eigenvalue weighted by Crippen LogP contribution is -2.24. The fraction of sp³-hybridized carbons (Fsp3) is 0.233. The Bertz CT molecular complexity index is 1610. The molecular weight excluding hydrogens is 524 g/mol. The van der Waals surface area contributed by atoms with E-state index in [0.717, 1.165) is 84.2 Å². The third kappa shape index (κ3) is 6.69. The van der Waals surface area contributed by atoms with Crippen LogP contribution in [0.25, 0.3) is 32.8 Å². The Labute approximate surface area is 237 Å². The second-order valence-corrected chi connectivity index (χ2v) is 9.89. The zero-order valence-corrected chi connectivity index (χ0v) is 22.8. The van der Waals surface area contributed by atoms with E-state index in [-0.39, 0.29) is 0 Å². The van der Waals surface area contributed by atoms with Crippen molar-refractivity contribution in [1.82, 2.24) is 30.6 Å². The Morgan fingerprint density at radius 2 is 1.65 bits per heavy atom. The van der Waals surface area contributed by atoms with Crippen molar-refractivity contribution in [3.63, 3.8) is 0 Å². The molecule has 5 rings (SSSR count). The smallest absolute Gasteiger partial charge is 0.248 e. The summed E-state index contributed by atoms with van der Waals surface area (Å²) in [6, 6.07) is 13.4. The highest BCUT2D eigenvalue weighted by Crippen LogP contribution is 2.29. The number of carbonyl (C=O) groups excluding carboxylic acids is 1. The molecule has 1 amide bonds. The highest BCUT2D eigenvalue weighted by atomic mass is 35.5. The predicted octanol–water partition coefficient (Wildman–Crippen LogP) is 4.56. The van der Waals surface area contributed by atoms with E-state index in [0.29, 0.717) is 16.1 Å². The molecule has 204 valence electrons. The van der Waals surface area contributed by atoms with Crippen LogP contribution in [0.2, 0.25) is 5.02 Å². The summed E-state index contributed by atoms with van der Waals surface area (Å²) < 4.78 is 0. The number of nitrogens with two attached hydrogens (primary N) is 1. The maximum Gasteiger partial charge on any atom is 0.248 e. The number of rotatable bonds is 13. The van der Waals surface area contributed by atoms with Gasteiger partial charge >= 0.3 is 0 Å². The number of nitrogens with zero attached hydrogens (tertiary/aromatic N) is 4. The molecule has 5 N–H and O–H groups in total. The van der Waals surface area contributed by atoms with Crippen LogP contribution >= 0.6 is 11.6 Å². The molecule has 0 spiro atoms. The number of hydrogen-bond donors (Lipinski definition) is 4. The molecule has 0 saturated heterocycles. The van der Waals surface area contributed by atoms with Crippen LogP contribution in [0.3, 0.4) is 0 Å². The Balaban J connectivity index is 1.02. The average molecular weight is 555 g/mol. The average Bonchev–Trinajstić information content (AvgIpc) is 2.98. The van der Waals surface area contributed by atoms with Gasteiger partial charge in [-0.3, -0.25) is 9.78 Å². The first-order chi connectivity index (χ1) is 19.6. The van der Waals surface area contributed by atoms with Gasteiger partial charge in [-0.15, -0.1) is 0 Å². The summed E-state index contributed by atoms with van der Waals surface area (Å²) >= 11 is 6.48. The molecule has 0 fully saturated rings. The summed E-state index contributed by atoms with van der Waals surface area (Å²) in [6.45, 7) is 4.15. The van der Waals surface area contributed by atoms with Crippen molar-refractivity contribution in [2.24, 2.45) is 5.73 Å². The molecule has 5 aromatic rings. The Morgan fingerprint density at radius 3 is 2.45 bits per heavy atom. The minimum Gasteiger partial charge on any atom is -0.368 e. The number of hydrogen-bond acceptors (Lipinski definition) is 8. The van der Waals surface area contributed by atoms with Gasteiger partial charge in [-0.2, -0.15) is 0 Å². The third-order valence-electron chi connectivity index (χ3n) is 6.67. The molecule has 0 aliphatic rings. The van der Waals surface area contributed by atoms with Crippen molar-refractivity contribution in [3.8, 4) is 11.1 Å². The molecule has 0 aliphatic carbocycles. The third-order valence-corrected chi connectivity index (χ3v) is 6.98. The van der Waals surface area contributed by atoms with E-state index in [4.69, 9.17) is 22.3 Å². The van der Waals surface area contributed by atoms with Gasteiger partial charge in [0.05, 0.1) is 5.52 Å². The van der Waals surface area contributed by atoms with Crippen LogP contribution in [0.1, 0.15) is 28.8 Å². The largest absolute Gasteiger partial charge is 0.368 e. The van der Waals surface area contributed by atoms with E-state index in [1.807, 2.05) is 30.5 Å². The summed E-state index contributed by atoms with van der Waals surface area (Å²) in [7, 11) is 0. The molecule has 3 heterocycles. The second-order valence-electron chi connectivity index (χ2n) is 9.48. The van der Waals surface area contributed by atoms with Crippen molar-refractivity contribution >= 4 is 45.0 Å². The van der Waals surface area contributed by atoms with Crippen LogP contribution in [0.4, 0.5) is 5.82 Å². The van der Waals surface area contributed by atoms with E-state index in [9.17, 15) is 4.79 Å². The summed E-state index contributed by atoms with van der Waals surface area (Å²) in [5, 5.41) is 14.0. The van der Waals surface area contributed by atoms with Crippen molar-refractivity contribution < 1.29 is 4.79 Å². The molecular formula is C30H31ClN8O. The SMILES string of the molecule is NC(=O)c1ccc2c(c1)nc(NCCNCCCCNCc1ccc(-c3cncnc3)c(Cl)c1)c1ccncc12. The first kappa shape index (κ1) is 27.4. The van der Waals surface area contributed by atoms with Gasteiger partial charge < -0.3 is 21.7 Å². The van der Waals surface area contributed by atoms with Crippen LogP contribution in [0.5, 0.6) is 0 Å². The van der Waals surface area contributed by atoms with E-state index < -0.39 is 5.91 Å². The number of fused-ring (bicyclic) bond motifs is 3. The summed E-state index contributed by atoms with van der Waals surface area (Å²) in [5.74, 6) is 0.296. The van der Waals surface area contributed by atoms with Gasteiger partial charge in [0.2, 0.25) is 5.91 Å². The first-order valence-corrected chi connectivity index (χ1v) is 13.6. The summed E-state index contributed by atoms with van der Waals surface area (Å²) in [6.07, 6.45) is 10.8. The van der Waals surface area contributed by atoms with Gasteiger partial charge in [-0.05, 0) is 55.8 Å². The van der Waals surface area contributed by atoms with Gasteiger partial charge in [-0.1, -0.05) is 29.8 Å². The quantitative estimate of drug-likeness (QED) is 0.123. The van der Waals surface area contributed by atoms with E-state index in [1.165, 1.54) is 6.33 Å². The molecule has 3 aromatic heterocycles. The lowest BCUT2D eigenvalue weighted by molar-refractivity contribution is 0.100. The van der Waals surface area contributed by atoms with Crippen molar-refractivity contribution in [3.05, 3.63) is 89.7 Å². The number of aromatic nitrogens is 4. The van der Waals surface area contributed by atoms with Crippen molar-refractivity contribution in [2.45, 2.75) is 19.4 Å². The van der Waals surface area contributed by atoms with Gasteiger partial charge in [0, 0.05) is 82.3 Å². The maximum atomic E-state index is 11.6. The maximum absolute atomic E-state index is 11.6. The molecule has 0 atom stereocenters. The number of benzene rings is 2. The number of unbranched alkanes of at least 4 members (excludes halogenated alkanes) is 1. The molecule has 0 saturated carbocycles. The topological polar surface area (TPSA) is 131 Å². The number of nitrogens with one attached hydrogen (secondary N) is 3. The molecule has 9 nitrogen and oxygen atoms in total. The molecule has 10 heteroatoms. The summed E-state index contributed by atoms with van der Waals surface area (Å²) in [5.41, 5.74) is 9.60. The molecule has 0 radical (unpaired) electrons. The minimum absolute atomic E-state index is 0.436. The number of amides is 1. The Hall–Kier alpha value is -4.18. The summed E-state index contributed by atoms with van der Waals surface area (Å²) in [4.78, 5) is 28.8. The van der Waals surface area contributed by atoms with Gasteiger partial charge in [0.1, 0.15) is 12.1 Å². The molecule has 40 heavy (non-hydrogen) atoms. The standard InChI is InChI=1S/C30H31ClN8O/c31-27-13-20(3-5-23(27)22-16-36-19-37-17-22)15-34-9-2-1-8-33-11-12-38-30-25-7-10-35-18-26(25)24-6-4-21(29(32)40)14-28(24)39-30/h3-7,10,13-14,16-19,33-34H,1-2,8-9,11-12,15H2,(H2,32,40)(H,38,39). The number of halogens is 1. The van der Waals surface area contributed by atoms with Crippen molar-refractivity contribution in [1.29, 1.82) is 0 Å². The Morgan fingerprint density at radius 1 is 0.825 bits per heavy atom. The fourth-order valence-electron chi connectivity index (χ4n) is 4.60. The zero-order chi connectivity index (χ0) is 27.7. The highest BCUT2D eigenvalue weighted by Gasteiger charge is 2.10. The van der Waals surface area contributed by atoms with Crippen LogP contribution in [0.15, 0.2) is 73.6 Å². The van der Waals surface area contributed by atoms with E-state index in [2.05, 4.69) is 37.0 Å². The molecule has 0 unspecified atom stereocenters. The predicted molar refractivity (Wildman–Crippen MR) is 160 cm³/mol. The monoisotopic (exact) mass is 554 g/mol. The molecule has 0 bridgehead atoms. The van der Waals surface area contributed by atoms with Gasteiger partial charge in [0.25, 0.3) is 0 Å². The van der Waals surface area contributed by atoms with Crippen molar-refractivity contribution in [2.75, 3.05) is 31.5 Å².